The van der Waals surface area contributed by atoms with Crippen molar-refractivity contribution in [3.05, 3.63) is 28.8 Å². The van der Waals surface area contributed by atoms with Crippen molar-refractivity contribution in [1.82, 2.24) is 15.1 Å². The van der Waals surface area contributed by atoms with E-state index in [9.17, 15) is 9.59 Å². The predicted octanol–water partition coefficient (Wildman–Crippen LogP) is 2.31. The Labute approximate surface area is 159 Å². The van der Waals surface area contributed by atoms with Gasteiger partial charge in [0.1, 0.15) is 11.4 Å². The summed E-state index contributed by atoms with van der Waals surface area (Å²) in [5.41, 5.74) is 3.15. The van der Waals surface area contributed by atoms with Crippen molar-refractivity contribution < 1.29 is 19.1 Å². The van der Waals surface area contributed by atoms with E-state index in [4.69, 9.17) is 9.47 Å². The van der Waals surface area contributed by atoms with Crippen LogP contribution in [0.5, 0.6) is 5.75 Å². The van der Waals surface area contributed by atoms with Gasteiger partial charge in [-0.05, 0) is 49.3 Å². The third-order valence-corrected chi connectivity index (χ3v) is 5.89. The molecule has 0 unspecified atom stereocenters. The molecule has 146 valence electrons. The van der Waals surface area contributed by atoms with Gasteiger partial charge in [-0.1, -0.05) is 6.07 Å². The summed E-state index contributed by atoms with van der Waals surface area (Å²) in [5, 5.41) is 3.02. The van der Waals surface area contributed by atoms with Crippen LogP contribution in [0.3, 0.4) is 0 Å². The molecule has 1 aromatic carbocycles. The predicted molar refractivity (Wildman–Crippen MR) is 99.9 cm³/mol. The Balaban J connectivity index is 1.40. The summed E-state index contributed by atoms with van der Waals surface area (Å²) in [6, 6.07) is 4.14. The second kappa shape index (κ2) is 6.94. The summed E-state index contributed by atoms with van der Waals surface area (Å²) in [7, 11) is 3.40. The van der Waals surface area contributed by atoms with Crippen LogP contribution in [0, 0.1) is 0 Å². The maximum Gasteiger partial charge on any atom is 0.410 e. The van der Waals surface area contributed by atoms with E-state index >= 15 is 0 Å². The summed E-state index contributed by atoms with van der Waals surface area (Å²) < 4.78 is 11.1. The first-order valence-corrected chi connectivity index (χ1v) is 9.65. The number of likely N-dealkylation sites (N-methyl/N-ethyl adjacent to an activating group) is 1. The molecule has 2 aliphatic heterocycles. The highest BCUT2D eigenvalue weighted by Crippen LogP contribution is 2.32. The number of carbonyl (C=O) groups is 2. The second-order valence-corrected chi connectivity index (χ2v) is 7.88. The number of ether oxygens (including phenoxy) is 2. The van der Waals surface area contributed by atoms with Gasteiger partial charge in [-0.15, -0.1) is 0 Å². The number of piperidine rings is 1. The van der Waals surface area contributed by atoms with Gasteiger partial charge in [-0.25, -0.2) is 9.59 Å². The zero-order valence-electron chi connectivity index (χ0n) is 16.0. The number of likely N-dealkylation sites (tertiary alicyclic amines) is 1. The fourth-order valence-corrected chi connectivity index (χ4v) is 4.54. The minimum absolute atomic E-state index is 0.123. The maximum absolute atomic E-state index is 12.7. The van der Waals surface area contributed by atoms with Gasteiger partial charge in [-0.2, -0.15) is 0 Å². The molecule has 1 atom stereocenters. The van der Waals surface area contributed by atoms with Crippen LogP contribution in [0.25, 0.3) is 0 Å². The molecule has 1 spiro atoms. The standard InChI is InChI=1S/C20H27N3O4/c1-22-12-20(27-19(22)25)7-4-8-23(13-20)18(24)21-11-16-9-14-5-3-6-15(14)10-17(16)26-2/h9-10H,3-8,11-13H2,1-2H3,(H,21,24)/t20-/m1/s1. The van der Waals surface area contributed by atoms with Crippen LogP contribution in [0.1, 0.15) is 36.0 Å². The zero-order valence-corrected chi connectivity index (χ0v) is 16.0. The second-order valence-electron chi connectivity index (χ2n) is 7.88. The lowest BCUT2D eigenvalue weighted by Gasteiger charge is -2.38. The molecule has 0 radical (unpaired) electrons. The molecular weight excluding hydrogens is 346 g/mol. The van der Waals surface area contributed by atoms with Crippen LogP contribution in [0.4, 0.5) is 9.59 Å². The number of amides is 3. The highest BCUT2D eigenvalue weighted by atomic mass is 16.6. The average Bonchev–Trinajstić information content (AvgIpc) is 3.22. The van der Waals surface area contributed by atoms with E-state index in [-0.39, 0.29) is 12.1 Å². The van der Waals surface area contributed by atoms with Crippen molar-refractivity contribution in [2.24, 2.45) is 0 Å². The molecule has 1 aliphatic carbocycles. The number of hydrogen-bond donors (Lipinski definition) is 1. The molecule has 3 amide bonds. The molecule has 1 aromatic rings. The Bertz CT molecular complexity index is 766. The molecule has 27 heavy (non-hydrogen) atoms. The first-order valence-electron chi connectivity index (χ1n) is 9.65. The van der Waals surface area contributed by atoms with Gasteiger partial charge in [0.25, 0.3) is 0 Å². The Hall–Kier alpha value is -2.44. The van der Waals surface area contributed by atoms with Crippen LogP contribution in [-0.4, -0.2) is 61.3 Å². The van der Waals surface area contributed by atoms with E-state index in [2.05, 4.69) is 17.4 Å². The Morgan fingerprint density at radius 2 is 2.04 bits per heavy atom. The van der Waals surface area contributed by atoms with Crippen LogP contribution >= 0.6 is 0 Å². The van der Waals surface area contributed by atoms with Gasteiger partial charge >= 0.3 is 12.1 Å². The number of carbonyl (C=O) groups excluding carboxylic acids is 2. The summed E-state index contributed by atoms with van der Waals surface area (Å²) >= 11 is 0. The van der Waals surface area contributed by atoms with Crippen molar-refractivity contribution in [2.45, 2.75) is 44.2 Å². The fourth-order valence-electron chi connectivity index (χ4n) is 4.54. The van der Waals surface area contributed by atoms with E-state index in [0.29, 0.717) is 26.2 Å². The number of fused-ring (bicyclic) bond motifs is 1. The minimum Gasteiger partial charge on any atom is -0.496 e. The first-order chi connectivity index (χ1) is 13.0. The third kappa shape index (κ3) is 3.42. The van der Waals surface area contributed by atoms with E-state index in [1.807, 2.05) is 0 Å². The molecule has 2 fully saturated rings. The Morgan fingerprint density at radius 3 is 2.74 bits per heavy atom. The molecule has 0 bridgehead atoms. The summed E-state index contributed by atoms with van der Waals surface area (Å²) in [6.07, 6.45) is 4.69. The van der Waals surface area contributed by atoms with Crippen LogP contribution in [-0.2, 0) is 24.1 Å². The lowest BCUT2D eigenvalue weighted by Crippen LogP contribution is -2.54. The maximum atomic E-state index is 12.7. The molecule has 0 aromatic heterocycles. The Morgan fingerprint density at radius 1 is 1.26 bits per heavy atom. The number of aryl methyl sites for hydroxylation is 2. The van der Waals surface area contributed by atoms with Crippen molar-refractivity contribution in [1.29, 1.82) is 0 Å². The van der Waals surface area contributed by atoms with E-state index in [1.54, 1.807) is 24.0 Å². The molecule has 1 N–H and O–H groups in total. The van der Waals surface area contributed by atoms with Gasteiger partial charge in [-0.3, -0.25) is 0 Å². The molecule has 0 saturated carbocycles. The molecule has 2 saturated heterocycles. The van der Waals surface area contributed by atoms with E-state index in [0.717, 1.165) is 37.0 Å². The van der Waals surface area contributed by atoms with Gasteiger partial charge in [0.15, 0.2) is 0 Å². The smallest absolute Gasteiger partial charge is 0.410 e. The quantitative estimate of drug-likeness (QED) is 0.883. The topological polar surface area (TPSA) is 71.1 Å². The van der Waals surface area contributed by atoms with Crippen molar-refractivity contribution in [2.75, 3.05) is 33.8 Å². The summed E-state index contributed by atoms with van der Waals surface area (Å²) in [6.45, 7) is 2.08. The number of nitrogens with zero attached hydrogens (tertiary/aromatic N) is 2. The van der Waals surface area contributed by atoms with Crippen LogP contribution in [0.2, 0.25) is 0 Å². The summed E-state index contributed by atoms with van der Waals surface area (Å²) in [5.74, 6) is 0.831. The number of nitrogens with one attached hydrogen (secondary N) is 1. The molecule has 7 nitrogen and oxygen atoms in total. The first kappa shape index (κ1) is 17.9. The zero-order chi connectivity index (χ0) is 19.0. The van der Waals surface area contributed by atoms with Crippen molar-refractivity contribution in [3.63, 3.8) is 0 Å². The number of hydrogen-bond acceptors (Lipinski definition) is 4. The highest BCUT2D eigenvalue weighted by molar-refractivity contribution is 5.75. The number of methoxy groups -OCH3 is 1. The molecular formula is C20H27N3O4. The van der Waals surface area contributed by atoms with Gasteiger partial charge in [0.05, 0.1) is 20.2 Å². The molecule has 3 aliphatic rings. The Kier molecular flexibility index (Phi) is 4.61. The normalized spacial score (nSPS) is 24.1. The van der Waals surface area contributed by atoms with Crippen molar-refractivity contribution >= 4 is 12.1 Å². The van der Waals surface area contributed by atoms with Crippen LogP contribution in [0.15, 0.2) is 12.1 Å². The highest BCUT2D eigenvalue weighted by Gasteiger charge is 2.47. The lowest BCUT2D eigenvalue weighted by molar-refractivity contribution is 0.00317. The third-order valence-electron chi connectivity index (χ3n) is 5.89. The van der Waals surface area contributed by atoms with E-state index in [1.165, 1.54) is 17.5 Å². The SMILES string of the molecule is COc1cc2c(cc1CNC(=O)N1CCC[C@@]3(CN(C)C(=O)O3)C1)CCC2. The average molecular weight is 373 g/mol. The molecule has 4 rings (SSSR count). The number of benzene rings is 1. The monoisotopic (exact) mass is 373 g/mol. The fraction of sp³-hybridized carbons (Fsp3) is 0.600. The summed E-state index contributed by atoms with van der Waals surface area (Å²) in [4.78, 5) is 27.8. The van der Waals surface area contributed by atoms with Gasteiger partial charge in [0.2, 0.25) is 0 Å². The van der Waals surface area contributed by atoms with Crippen molar-refractivity contribution in [3.8, 4) is 5.75 Å². The largest absolute Gasteiger partial charge is 0.496 e. The molecule has 2 heterocycles. The van der Waals surface area contributed by atoms with E-state index < -0.39 is 5.60 Å². The number of rotatable bonds is 3. The van der Waals surface area contributed by atoms with Gasteiger partial charge < -0.3 is 24.6 Å². The molecule has 7 heteroatoms. The lowest BCUT2D eigenvalue weighted by atomic mass is 9.93. The van der Waals surface area contributed by atoms with Crippen LogP contribution < -0.4 is 10.1 Å². The minimum atomic E-state index is -0.563. The number of urea groups is 1. The van der Waals surface area contributed by atoms with Gasteiger partial charge in [0, 0.05) is 25.7 Å².